The number of ether oxygens (including phenoxy) is 1. The molecule has 1 atom stereocenters. The SMILES string of the molecule is O=C(Cc1cccnc1)NC(c1cccnc1)C1CCOCC1. The summed E-state index contributed by atoms with van der Waals surface area (Å²) in [6.07, 6.45) is 9.27. The molecule has 1 N–H and O–H groups in total. The van der Waals surface area contributed by atoms with Crippen LogP contribution >= 0.6 is 0 Å². The molecule has 1 saturated heterocycles. The highest BCUT2D eigenvalue weighted by Crippen LogP contribution is 2.29. The Morgan fingerprint density at radius 3 is 2.57 bits per heavy atom. The third-order valence-electron chi connectivity index (χ3n) is 4.18. The number of aromatic nitrogens is 2. The van der Waals surface area contributed by atoms with Gasteiger partial charge in [0, 0.05) is 38.0 Å². The van der Waals surface area contributed by atoms with Crippen LogP contribution in [0.4, 0.5) is 0 Å². The van der Waals surface area contributed by atoms with Crippen LogP contribution in [0.5, 0.6) is 0 Å². The summed E-state index contributed by atoms with van der Waals surface area (Å²) in [5.74, 6) is 0.393. The van der Waals surface area contributed by atoms with E-state index in [1.54, 1.807) is 18.6 Å². The van der Waals surface area contributed by atoms with E-state index in [9.17, 15) is 4.79 Å². The number of amides is 1. The van der Waals surface area contributed by atoms with Gasteiger partial charge in [-0.2, -0.15) is 0 Å². The molecule has 1 amide bonds. The first-order valence-electron chi connectivity index (χ1n) is 7.99. The molecule has 3 rings (SSSR count). The zero-order valence-corrected chi connectivity index (χ0v) is 13.0. The summed E-state index contributed by atoms with van der Waals surface area (Å²) in [5.41, 5.74) is 1.97. The molecule has 0 radical (unpaired) electrons. The van der Waals surface area contributed by atoms with Gasteiger partial charge in [0.05, 0.1) is 12.5 Å². The van der Waals surface area contributed by atoms with Gasteiger partial charge in [0.2, 0.25) is 5.91 Å². The predicted octanol–water partition coefficient (Wildman–Crippen LogP) is 2.30. The van der Waals surface area contributed by atoms with Crippen molar-refractivity contribution in [3.63, 3.8) is 0 Å². The molecule has 0 saturated carbocycles. The number of pyridine rings is 2. The van der Waals surface area contributed by atoms with Gasteiger partial charge in [-0.25, -0.2) is 0 Å². The minimum Gasteiger partial charge on any atom is -0.381 e. The predicted molar refractivity (Wildman–Crippen MR) is 86.6 cm³/mol. The van der Waals surface area contributed by atoms with Crippen molar-refractivity contribution in [2.24, 2.45) is 5.92 Å². The largest absolute Gasteiger partial charge is 0.381 e. The minimum atomic E-state index is -0.0169. The van der Waals surface area contributed by atoms with E-state index in [1.165, 1.54) is 0 Å². The standard InChI is InChI=1S/C18H21N3O2/c22-17(11-14-3-1-7-19-12-14)21-18(15-5-9-23-10-6-15)16-4-2-8-20-13-16/h1-4,7-8,12-13,15,18H,5-6,9-11H2,(H,21,22). The number of hydrogen-bond acceptors (Lipinski definition) is 4. The summed E-state index contributed by atoms with van der Waals surface area (Å²) in [6, 6.07) is 7.68. The zero-order valence-electron chi connectivity index (χ0n) is 13.0. The fourth-order valence-electron chi connectivity index (χ4n) is 2.99. The van der Waals surface area contributed by atoms with Gasteiger partial charge in [-0.1, -0.05) is 12.1 Å². The van der Waals surface area contributed by atoms with Crippen molar-refractivity contribution in [1.82, 2.24) is 15.3 Å². The monoisotopic (exact) mass is 311 g/mol. The third kappa shape index (κ3) is 4.36. The van der Waals surface area contributed by atoms with Gasteiger partial charge in [-0.3, -0.25) is 14.8 Å². The quantitative estimate of drug-likeness (QED) is 0.920. The second-order valence-corrected chi connectivity index (χ2v) is 5.82. The van der Waals surface area contributed by atoms with Crippen molar-refractivity contribution in [3.8, 4) is 0 Å². The minimum absolute atomic E-state index is 0.0124. The lowest BCUT2D eigenvalue weighted by Crippen LogP contribution is -2.36. The van der Waals surface area contributed by atoms with Crippen LogP contribution in [0.25, 0.3) is 0 Å². The Bertz CT molecular complexity index is 613. The van der Waals surface area contributed by atoms with E-state index in [4.69, 9.17) is 4.74 Å². The van der Waals surface area contributed by atoms with Crippen LogP contribution in [-0.4, -0.2) is 29.1 Å². The number of nitrogens with one attached hydrogen (secondary N) is 1. The first-order chi connectivity index (χ1) is 11.3. The molecule has 1 aliphatic heterocycles. The lowest BCUT2D eigenvalue weighted by molar-refractivity contribution is -0.121. The molecule has 1 fully saturated rings. The second kappa shape index (κ2) is 7.83. The molecule has 0 bridgehead atoms. The maximum atomic E-state index is 12.4. The summed E-state index contributed by atoms with van der Waals surface area (Å²) < 4.78 is 5.45. The Hall–Kier alpha value is -2.27. The van der Waals surface area contributed by atoms with Crippen molar-refractivity contribution >= 4 is 5.91 Å². The fourth-order valence-corrected chi connectivity index (χ4v) is 2.99. The Morgan fingerprint density at radius 2 is 1.91 bits per heavy atom. The van der Waals surface area contributed by atoms with Gasteiger partial charge in [-0.05, 0) is 42.0 Å². The smallest absolute Gasteiger partial charge is 0.224 e. The van der Waals surface area contributed by atoms with Crippen LogP contribution in [0.3, 0.4) is 0 Å². The van der Waals surface area contributed by atoms with Gasteiger partial charge < -0.3 is 10.1 Å². The molecule has 0 spiro atoms. The van der Waals surface area contributed by atoms with Crippen LogP contribution in [-0.2, 0) is 16.0 Å². The highest BCUT2D eigenvalue weighted by molar-refractivity contribution is 5.79. The number of nitrogens with zero attached hydrogens (tertiary/aromatic N) is 2. The second-order valence-electron chi connectivity index (χ2n) is 5.82. The normalized spacial score (nSPS) is 16.7. The lowest BCUT2D eigenvalue weighted by atomic mass is 9.87. The Morgan fingerprint density at radius 1 is 1.17 bits per heavy atom. The lowest BCUT2D eigenvalue weighted by Gasteiger charge is -2.31. The van der Waals surface area contributed by atoms with Crippen molar-refractivity contribution in [3.05, 3.63) is 60.2 Å². The van der Waals surface area contributed by atoms with Crippen LogP contribution in [0.2, 0.25) is 0 Å². The number of carbonyl (C=O) groups excluding carboxylic acids is 1. The molecule has 0 aromatic carbocycles. The van der Waals surface area contributed by atoms with Crippen molar-refractivity contribution < 1.29 is 9.53 Å². The van der Waals surface area contributed by atoms with E-state index in [0.717, 1.165) is 37.2 Å². The van der Waals surface area contributed by atoms with Crippen LogP contribution in [0.1, 0.15) is 30.0 Å². The van der Waals surface area contributed by atoms with Crippen molar-refractivity contribution in [1.29, 1.82) is 0 Å². The summed E-state index contributed by atoms with van der Waals surface area (Å²) in [5, 5.41) is 3.19. The summed E-state index contributed by atoms with van der Waals surface area (Å²) in [7, 11) is 0. The zero-order chi connectivity index (χ0) is 15.9. The molecule has 5 nitrogen and oxygen atoms in total. The Balaban J connectivity index is 1.71. The highest BCUT2D eigenvalue weighted by atomic mass is 16.5. The van der Waals surface area contributed by atoms with Crippen LogP contribution in [0, 0.1) is 5.92 Å². The molecule has 1 aliphatic rings. The van der Waals surface area contributed by atoms with E-state index >= 15 is 0 Å². The first kappa shape index (κ1) is 15.6. The van der Waals surface area contributed by atoms with E-state index < -0.39 is 0 Å². The Kier molecular flexibility index (Phi) is 5.32. The summed E-state index contributed by atoms with van der Waals surface area (Å²) in [4.78, 5) is 20.7. The van der Waals surface area contributed by atoms with Crippen molar-refractivity contribution in [2.45, 2.75) is 25.3 Å². The third-order valence-corrected chi connectivity index (χ3v) is 4.18. The highest BCUT2D eigenvalue weighted by Gasteiger charge is 2.27. The van der Waals surface area contributed by atoms with E-state index in [0.29, 0.717) is 12.3 Å². The van der Waals surface area contributed by atoms with Gasteiger partial charge in [0.1, 0.15) is 0 Å². The first-order valence-corrected chi connectivity index (χ1v) is 7.99. The van der Waals surface area contributed by atoms with E-state index in [2.05, 4.69) is 15.3 Å². The van der Waals surface area contributed by atoms with Gasteiger partial charge in [-0.15, -0.1) is 0 Å². The number of hydrogen-bond donors (Lipinski definition) is 1. The topological polar surface area (TPSA) is 64.1 Å². The average molecular weight is 311 g/mol. The average Bonchev–Trinajstić information content (AvgIpc) is 2.62. The summed E-state index contributed by atoms with van der Waals surface area (Å²) >= 11 is 0. The van der Waals surface area contributed by atoms with Gasteiger partial charge in [0.25, 0.3) is 0 Å². The maximum Gasteiger partial charge on any atom is 0.224 e. The van der Waals surface area contributed by atoms with E-state index in [-0.39, 0.29) is 11.9 Å². The fraction of sp³-hybridized carbons (Fsp3) is 0.389. The van der Waals surface area contributed by atoms with Crippen LogP contribution < -0.4 is 5.32 Å². The van der Waals surface area contributed by atoms with Crippen molar-refractivity contribution in [2.75, 3.05) is 13.2 Å². The Labute approximate surface area is 136 Å². The maximum absolute atomic E-state index is 12.4. The van der Waals surface area contributed by atoms with Crippen LogP contribution in [0.15, 0.2) is 49.1 Å². The molecular weight excluding hydrogens is 290 g/mol. The molecule has 1 unspecified atom stereocenters. The van der Waals surface area contributed by atoms with Gasteiger partial charge in [0.15, 0.2) is 0 Å². The number of rotatable bonds is 5. The number of carbonyl (C=O) groups is 1. The van der Waals surface area contributed by atoms with Gasteiger partial charge >= 0.3 is 0 Å². The molecule has 0 aliphatic carbocycles. The molecule has 23 heavy (non-hydrogen) atoms. The molecule has 2 aromatic rings. The molecule has 5 heteroatoms. The molecule has 120 valence electrons. The molecular formula is C18H21N3O2. The molecule has 3 heterocycles. The van der Waals surface area contributed by atoms with E-state index in [1.807, 2.05) is 30.5 Å². The summed E-state index contributed by atoms with van der Waals surface area (Å²) in [6.45, 7) is 1.50. The molecule has 2 aromatic heterocycles.